The van der Waals surface area contributed by atoms with Crippen LogP contribution in [-0.2, 0) is 20.7 Å². The van der Waals surface area contributed by atoms with Gasteiger partial charge in [0.05, 0.1) is 0 Å². The van der Waals surface area contributed by atoms with Gasteiger partial charge in [-0.05, 0) is 24.8 Å². The van der Waals surface area contributed by atoms with Crippen LogP contribution in [0, 0.1) is 0 Å². The number of carbonyl (C=O) groups is 3. The van der Waals surface area contributed by atoms with E-state index < -0.39 is 5.54 Å². The molecule has 0 aromatic heterocycles. The Balaban J connectivity index is 1.36. The van der Waals surface area contributed by atoms with Crippen molar-refractivity contribution in [3.8, 4) is 0 Å². The minimum Gasteiger partial charge on any atom is -0.447 e. The molecule has 0 aliphatic carbocycles. The maximum Gasteiger partial charge on any atom is 0.410 e. The van der Waals surface area contributed by atoms with Gasteiger partial charge >= 0.3 is 6.09 Å². The Bertz CT molecular complexity index is 769. The molecule has 1 unspecified atom stereocenters. The summed E-state index contributed by atoms with van der Waals surface area (Å²) in [5.41, 5.74) is 0.642. The highest BCUT2D eigenvalue weighted by Gasteiger charge is 2.51. The molecule has 1 aromatic rings. The molecule has 0 N–H and O–H groups in total. The third kappa shape index (κ3) is 4.23. The molecule has 4 rings (SSSR count). The Labute approximate surface area is 171 Å². The number of ether oxygens (including phenoxy) is 1. The van der Waals surface area contributed by atoms with Crippen molar-refractivity contribution in [3.63, 3.8) is 0 Å². The summed E-state index contributed by atoms with van der Waals surface area (Å²) in [4.78, 5) is 42.6. The Hall–Kier alpha value is -2.57. The second-order valence-electron chi connectivity index (χ2n) is 8.35. The highest BCUT2D eigenvalue weighted by Crippen LogP contribution is 2.32. The average Bonchev–Trinajstić information content (AvgIpc) is 3.05. The van der Waals surface area contributed by atoms with Gasteiger partial charge in [-0.3, -0.25) is 14.5 Å². The normalized spacial score (nSPS) is 24.5. The van der Waals surface area contributed by atoms with Crippen LogP contribution >= 0.6 is 0 Å². The van der Waals surface area contributed by atoms with Gasteiger partial charge in [0.25, 0.3) is 0 Å². The van der Waals surface area contributed by atoms with E-state index in [1.807, 2.05) is 40.1 Å². The summed E-state index contributed by atoms with van der Waals surface area (Å²) in [5, 5.41) is 0. The van der Waals surface area contributed by atoms with E-state index in [0.29, 0.717) is 58.5 Å². The summed E-state index contributed by atoms with van der Waals surface area (Å²) in [6.45, 7) is 3.31. The first kappa shape index (κ1) is 19.7. The summed E-state index contributed by atoms with van der Waals surface area (Å²) in [6, 6.07) is 10.0. The van der Waals surface area contributed by atoms with Gasteiger partial charge in [0.2, 0.25) is 11.8 Å². The number of piperazine rings is 1. The zero-order valence-corrected chi connectivity index (χ0v) is 16.8. The first-order chi connectivity index (χ1) is 14.1. The zero-order valence-electron chi connectivity index (χ0n) is 16.8. The molecule has 3 saturated heterocycles. The molecule has 0 bridgehead atoms. The van der Waals surface area contributed by atoms with Crippen molar-refractivity contribution in [2.24, 2.45) is 0 Å². The molecule has 0 saturated carbocycles. The fraction of sp³-hybridized carbons (Fsp3) is 0.591. The van der Waals surface area contributed by atoms with Crippen LogP contribution in [0.2, 0.25) is 0 Å². The van der Waals surface area contributed by atoms with Crippen LogP contribution in [-0.4, -0.2) is 77.5 Å². The number of nitrogens with zero attached hydrogens (tertiary/aromatic N) is 3. The minimum atomic E-state index is -0.491. The summed E-state index contributed by atoms with van der Waals surface area (Å²) >= 11 is 0. The summed E-state index contributed by atoms with van der Waals surface area (Å²) in [6.07, 6.45) is 4.17. The smallest absolute Gasteiger partial charge is 0.410 e. The van der Waals surface area contributed by atoms with Crippen molar-refractivity contribution in [3.05, 3.63) is 35.9 Å². The standard InChI is InChI=1S/C22H29N3O4/c26-19-9-4-5-11-23(19)12-6-10-20(27)24-13-14-25-21(28)29-17-22(25,16-24)15-18-7-2-1-3-8-18/h1-3,7-8H,4-6,9-17H2. The van der Waals surface area contributed by atoms with E-state index in [9.17, 15) is 14.4 Å². The maximum absolute atomic E-state index is 12.9. The molecule has 1 atom stereocenters. The molecule has 3 fully saturated rings. The first-order valence-electron chi connectivity index (χ1n) is 10.6. The molecular formula is C22H29N3O4. The monoisotopic (exact) mass is 399 g/mol. The lowest BCUT2D eigenvalue weighted by molar-refractivity contribution is -0.137. The van der Waals surface area contributed by atoms with Crippen molar-refractivity contribution in [2.75, 3.05) is 39.3 Å². The lowest BCUT2D eigenvalue weighted by atomic mass is 9.88. The minimum absolute atomic E-state index is 0.0981. The Kier molecular flexibility index (Phi) is 5.74. The first-order valence-corrected chi connectivity index (χ1v) is 10.6. The SMILES string of the molecule is O=C1CCCCN1CCCC(=O)N1CCN2C(=O)OCC2(Cc2ccccc2)C1. The number of carbonyl (C=O) groups excluding carboxylic acids is 3. The zero-order chi connectivity index (χ0) is 20.3. The number of cyclic esters (lactones) is 1. The third-order valence-corrected chi connectivity index (χ3v) is 6.30. The van der Waals surface area contributed by atoms with Gasteiger partial charge in [0.1, 0.15) is 12.1 Å². The fourth-order valence-corrected chi connectivity index (χ4v) is 4.73. The number of likely N-dealkylation sites (tertiary alicyclic amines) is 1. The molecular weight excluding hydrogens is 370 g/mol. The number of piperidine rings is 1. The molecule has 7 nitrogen and oxygen atoms in total. The highest BCUT2D eigenvalue weighted by molar-refractivity contribution is 5.78. The second kappa shape index (κ2) is 8.43. The van der Waals surface area contributed by atoms with Crippen molar-refractivity contribution in [1.29, 1.82) is 0 Å². The van der Waals surface area contributed by atoms with Crippen molar-refractivity contribution < 1.29 is 19.1 Å². The summed E-state index contributed by atoms with van der Waals surface area (Å²) in [7, 11) is 0. The van der Waals surface area contributed by atoms with E-state index in [1.165, 1.54) is 0 Å². The third-order valence-electron chi connectivity index (χ3n) is 6.30. The second-order valence-corrected chi connectivity index (χ2v) is 8.35. The van der Waals surface area contributed by atoms with E-state index in [0.717, 1.165) is 24.9 Å². The van der Waals surface area contributed by atoms with Crippen LogP contribution in [0.4, 0.5) is 4.79 Å². The Morgan fingerprint density at radius 3 is 2.69 bits per heavy atom. The number of hydrogen-bond donors (Lipinski definition) is 0. The Morgan fingerprint density at radius 1 is 1.07 bits per heavy atom. The summed E-state index contributed by atoms with van der Waals surface area (Å²) in [5.74, 6) is 0.307. The molecule has 3 amide bonds. The van der Waals surface area contributed by atoms with Crippen LogP contribution < -0.4 is 0 Å². The fourth-order valence-electron chi connectivity index (χ4n) is 4.73. The van der Waals surface area contributed by atoms with Crippen LogP contribution in [0.25, 0.3) is 0 Å². The number of rotatable bonds is 6. The number of amides is 3. The van der Waals surface area contributed by atoms with Gasteiger partial charge in [-0.25, -0.2) is 4.79 Å². The van der Waals surface area contributed by atoms with E-state index in [4.69, 9.17) is 4.74 Å². The molecule has 1 aromatic carbocycles. The van der Waals surface area contributed by atoms with Gasteiger partial charge in [0.15, 0.2) is 0 Å². The molecule has 3 aliphatic heterocycles. The number of benzene rings is 1. The predicted molar refractivity (Wildman–Crippen MR) is 107 cm³/mol. The quantitative estimate of drug-likeness (QED) is 0.734. The lowest BCUT2D eigenvalue weighted by Crippen LogP contribution is -2.63. The largest absolute Gasteiger partial charge is 0.447 e. The van der Waals surface area contributed by atoms with Crippen molar-refractivity contribution in [2.45, 2.75) is 44.1 Å². The predicted octanol–water partition coefficient (Wildman–Crippen LogP) is 2.05. The summed E-state index contributed by atoms with van der Waals surface area (Å²) < 4.78 is 5.38. The van der Waals surface area contributed by atoms with Crippen LogP contribution in [0.1, 0.15) is 37.7 Å². The molecule has 3 heterocycles. The van der Waals surface area contributed by atoms with E-state index in [2.05, 4.69) is 0 Å². The number of hydrogen-bond acceptors (Lipinski definition) is 4. The van der Waals surface area contributed by atoms with Gasteiger partial charge in [0, 0.05) is 52.0 Å². The van der Waals surface area contributed by atoms with Crippen LogP contribution in [0.5, 0.6) is 0 Å². The highest BCUT2D eigenvalue weighted by atomic mass is 16.6. The van der Waals surface area contributed by atoms with Gasteiger partial charge in [-0.1, -0.05) is 30.3 Å². The van der Waals surface area contributed by atoms with Crippen LogP contribution in [0.3, 0.4) is 0 Å². The molecule has 156 valence electrons. The molecule has 3 aliphatic rings. The van der Waals surface area contributed by atoms with Gasteiger partial charge in [-0.15, -0.1) is 0 Å². The van der Waals surface area contributed by atoms with Gasteiger partial charge < -0.3 is 14.5 Å². The Morgan fingerprint density at radius 2 is 1.90 bits per heavy atom. The van der Waals surface area contributed by atoms with E-state index in [1.54, 1.807) is 4.90 Å². The topological polar surface area (TPSA) is 70.2 Å². The van der Waals surface area contributed by atoms with Crippen molar-refractivity contribution >= 4 is 17.9 Å². The van der Waals surface area contributed by atoms with Crippen LogP contribution in [0.15, 0.2) is 30.3 Å². The number of fused-ring (bicyclic) bond motifs is 1. The van der Waals surface area contributed by atoms with E-state index >= 15 is 0 Å². The lowest BCUT2D eigenvalue weighted by Gasteiger charge is -2.45. The van der Waals surface area contributed by atoms with E-state index in [-0.39, 0.29) is 17.9 Å². The van der Waals surface area contributed by atoms with Gasteiger partial charge in [-0.2, -0.15) is 0 Å². The molecule has 7 heteroatoms. The molecule has 0 radical (unpaired) electrons. The molecule has 29 heavy (non-hydrogen) atoms. The maximum atomic E-state index is 12.9. The molecule has 0 spiro atoms. The van der Waals surface area contributed by atoms with Crippen molar-refractivity contribution in [1.82, 2.24) is 14.7 Å². The average molecular weight is 399 g/mol.